The molecule has 84 valence electrons. The molecule has 1 unspecified atom stereocenters. The second-order valence-corrected chi connectivity index (χ2v) is 4.18. The lowest BCUT2D eigenvalue weighted by molar-refractivity contribution is -0.138. The first-order valence-corrected chi connectivity index (χ1v) is 5.30. The summed E-state index contributed by atoms with van der Waals surface area (Å²) < 4.78 is 2.08. The topological polar surface area (TPSA) is 42.2 Å². The molecule has 3 nitrogen and oxygen atoms in total. The highest BCUT2D eigenvalue weighted by molar-refractivity contribution is 5.89. The third kappa shape index (κ3) is 1.48. The highest BCUT2D eigenvalue weighted by Gasteiger charge is 2.17. The Kier molecular flexibility index (Phi) is 2.46. The van der Waals surface area contributed by atoms with Crippen LogP contribution in [0.25, 0.3) is 10.9 Å². The maximum absolute atomic E-state index is 11.0. The summed E-state index contributed by atoms with van der Waals surface area (Å²) in [7, 11) is 1.99. The molecule has 0 aliphatic carbocycles. The van der Waals surface area contributed by atoms with Crippen molar-refractivity contribution in [2.45, 2.75) is 19.8 Å². The average Bonchev–Trinajstić information content (AvgIpc) is 2.54. The molecule has 2 rings (SSSR count). The molecule has 1 N–H and O–H groups in total. The predicted octanol–water partition coefficient (Wildman–Crippen LogP) is 2.67. The summed E-state index contributed by atoms with van der Waals surface area (Å²) >= 11 is 0. The molecule has 0 amide bonds. The van der Waals surface area contributed by atoms with Crippen molar-refractivity contribution in [1.29, 1.82) is 0 Å². The second-order valence-electron chi connectivity index (χ2n) is 4.18. The van der Waals surface area contributed by atoms with Gasteiger partial charge in [-0.15, -0.1) is 0 Å². The fraction of sp³-hybridized carbons (Fsp3) is 0.308. The van der Waals surface area contributed by atoms with E-state index in [2.05, 4.69) is 4.57 Å². The second kappa shape index (κ2) is 3.67. The van der Waals surface area contributed by atoms with Gasteiger partial charge in [-0.25, -0.2) is 0 Å². The first-order valence-electron chi connectivity index (χ1n) is 5.30. The van der Waals surface area contributed by atoms with Gasteiger partial charge in [-0.2, -0.15) is 0 Å². The minimum absolute atomic E-state index is 0.467. The summed E-state index contributed by atoms with van der Waals surface area (Å²) in [6.45, 7) is 3.74. The van der Waals surface area contributed by atoms with Crippen LogP contribution in [0.2, 0.25) is 0 Å². The zero-order valence-corrected chi connectivity index (χ0v) is 9.69. The van der Waals surface area contributed by atoms with Gasteiger partial charge < -0.3 is 9.67 Å². The Morgan fingerprint density at radius 1 is 1.44 bits per heavy atom. The molecule has 3 heteroatoms. The van der Waals surface area contributed by atoms with Crippen molar-refractivity contribution < 1.29 is 9.90 Å². The first kappa shape index (κ1) is 10.7. The number of nitrogens with zero attached hydrogens (tertiary/aromatic N) is 1. The molecule has 1 aromatic carbocycles. The lowest BCUT2D eigenvalue weighted by atomic mass is 9.98. The molecule has 0 aliphatic heterocycles. The molecule has 0 saturated heterocycles. The normalized spacial score (nSPS) is 12.9. The van der Waals surface area contributed by atoms with Crippen molar-refractivity contribution in [2.24, 2.45) is 7.05 Å². The molecule has 1 aromatic heterocycles. The van der Waals surface area contributed by atoms with Gasteiger partial charge >= 0.3 is 5.97 Å². The summed E-state index contributed by atoms with van der Waals surface area (Å²) in [6.07, 6.45) is 0. The Morgan fingerprint density at radius 3 is 2.75 bits per heavy atom. The van der Waals surface area contributed by atoms with E-state index >= 15 is 0 Å². The van der Waals surface area contributed by atoms with Crippen molar-refractivity contribution in [3.8, 4) is 0 Å². The van der Waals surface area contributed by atoms with Gasteiger partial charge in [0.05, 0.1) is 5.92 Å². The van der Waals surface area contributed by atoms with E-state index in [-0.39, 0.29) is 0 Å². The van der Waals surface area contributed by atoms with Gasteiger partial charge in [0.2, 0.25) is 0 Å². The highest BCUT2D eigenvalue weighted by Crippen LogP contribution is 2.27. The van der Waals surface area contributed by atoms with Gasteiger partial charge in [0.1, 0.15) is 0 Å². The van der Waals surface area contributed by atoms with Crippen molar-refractivity contribution >= 4 is 16.9 Å². The van der Waals surface area contributed by atoms with Crippen LogP contribution in [-0.2, 0) is 11.8 Å². The quantitative estimate of drug-likeness (QED) is 0.840. The molecule has 0 bridgehead atoms. The summed E-state index contributed by atoms with van der Waals surface area (Å²) in [5.41, 5.74) is 3.11. The number of aryl methyl sites for hydroxylation is 2. The number of hydrogen-bond donors (Lipinski definition) is 1. The number of carboxylic acid groups (broad SMARTS) is 1. The van der Waals surface area contributed by atoms with Gasteiger partial charge in [-0.1, -0.05) is 12.1 Å². The van der Waals surface area contributed by atoms with E-state index in [4.69, 9.17) is 5.11 Å². The first-order chi connectivity index (χ1) is 7.52. The molecular weight excluding hydrogens is 202 g/mol. The van der Waals surface area contributed by atoms with Gasteiger partial charge in [0.15, 0.2) is 0 Å². The summed E-state index contributed by atoms with van der Waals surface area (Å²) in [5.74, 6) is -1.25. The smallest absolute Gasteiger partial charge is 0.310 e. The van der Waals surface area contributed by atoms with Crippen LogP contribution in [-0.4, -0.2) is 15.6 Å². The van der Waals surface area contributed by atoms with Crippen LogP contribution in [0.5, 0.6) is 0 Å². The average molecular weight is 217 g/mol. The minimum atomic E-state index is -0.783. The van der Waals surface area contributed by atoms with Crippen molar-refractivity contribution in [2.75, 3.05) is 0 Å². The lowest BCUT2D eigenvalue weighted by Crippen LogP contribution is -2.07. The third-order valence-electron chi connectivity index (χ3n) is 3.20. The van der Waals surface area contributed by atoms with Crippen LogP contribution in [0.1, 0.15) is 24.1 Å². The lowest BCUT2D eigenvalue weighted by Gasteiger charge is -2.08. The van der Waals surface area contributed by atoms with Crippen LogP contribution in [0, 0.1) is 6.92 Å². The minimum Gasteiger partial charge on any atom is -0.481 e. The van der Waals surface area contributed by atoms with Crippen LogP contribution in [0.4, 0.5) is 0 Å². The van der Waals surface area contributed by atoms with Gasteiger partial charge in [0, 0.05) is 23.6 Å². The third-order valence-corrected chi connectivity index (χ3v) is 3.20. The van der Waals surface area contributed by atoms with Crippen molar-refractivity contribution in [1.82, 2.24) is 4.57 Å². The molecule has 0 aliphatic rings. The number of benzene rings is 1. The van der Waals surface area contributed by atoms with Gasteiger partial charge in [-0.05, 0) is 31.5 Å². The molecule has 16 heavy (non-hydrogen) atoms. The number of carboxylic acids is 1. The van der Waals surface area contributed by atoms with E-state index in [0.717, 1.165) is 22.2 Å². The molecule has 0 fully saturated rings. The molecule has 0 radical (unpaired) electrons. The standard InChI is InChI=1S/C13H15NO2/c1-8-7-11-10(9(2)13(15)16)5-4-6-12(11)14(8)3/h4-7,9H,1-3H3,(H,15,16). The van der Waals surface area contributed by atoms with Gasteiger partial charge in [0.25, 0.3) is 0 Å². The molecule has 1 atom stereocenters. The summed E-state index contributed by atoms with van der Waals surface area (Å²) in [6, 6.07) is 7.86. The number of hydrogen-bond acceptors (Lipinski definition) is 1. The molecule has 1 heterocycles. The molecular formula is C13H15NO2. The Labute approximate surface area is 94.3 Å². The fourth-order valence-electron chi connectivity index (χ4n) is 2.03. The number of rotatable bonds is 2. The Morgan fingerprint density at radius 2 is 2.12 bits per heavy atom. The van der Waals surface area contributed by atoms with E-state index in [1.54, 1.807) is 6.92 Å². The zero-order valence-electron chi connectivity index (χ0n) is 9.69. The Hall–Kier alpha value is -1.77. The highest BCUT2D eigenvalue weighted by atomic mass is 16.4. The van der Waals surface area contributed by atoms with Crippen molar-refractivity contribution in [3.63, 3.8) is 0 Å². The van der Waals surface area contributed by atoms with Crippen LogP contribution in [0.15, 0.2) is 24.3 Å². The number of fused-ring (bicyclic) bond motifs is 1. The summed E-state index contributed by atoms with van der Waals surface area (Å²) in [4.78, 5) is 11.0. The Balaban J connectivity index is 2.71. The van der Waals surface area contributed by atoms with Crippen LogP contribution < -0.4 is 0 Å². The van der Waals surface area contributed by atoms with Crippen LogP contribution in [0.3, 0.4) is 0 Å². The molecule has 2 aromatic rings. The predicted molar refractivity (Wildman–Crippen MR) is 63.7 cm³/mol. The van der Waals surface area contributed by atoms with E-state index in [1.165, 1.54) is 0 Å². The van der Waals surface area contributed by atoms with E-state index in [0.29, 0.717) is 0 Å². The molecule has 0 saturated carbocycles. The zero-order chi connectivity index (χ0) is 11.9. The van der Waals surface area contributed by atoms with E-state index < -0.39 is 11.9 Å². The summed E-state index contributed by atoms with van der Waals surface area (Å²) in [5, 5.41) is 10.1. The monoisotopic (exact) mass is 217 g/mol. The molecule has 0 spiro atoms. The van der Waals surface area contributed by atoms with E-state index in [9.17, 15) is 4.79 Å². The number of carbonyl (C=O) groups is 1. The van der Waals surface area contributed by atoms with Crippen LogP contribution >= 0.6 is 0 Å². The fourth-order valence-corrected chi connectivity index (χ4v) is 2.03. The van der Waals surface area contributed by atoms with E-state index in [1.807, 2.05) is 38.2 Å². The maximum atomic E-state index is 11.0. The SMILES string of the molecule is Cc1cc2c(C(C)C(=O)O)cccc2n1C. The number of aromatic nitrogens is 1. The maximum Gasteiger partial charge on any atom is 0.310 e. The largest absolute Gasteiger partial charge is 0.481 e. The van der Waals surface area contributed by atoms with Crippen molar-refractivity contribution in [3.05, 3.63) is 35.5 Å². The van der Waals surface area contributed by atoms with Gasteiger partial charge in [-0.3, -0.25) is 4.79 Å². The Bertz CT molecular complexity index is 554. The number of aliphatic carboxylic acids is 1.